The molecule has 1 aliphatic rings. The van der Waals surface area contributed by atoms with Gasteiger partial charge in [-0.15, -0.1) is 0 Å². The van der Waals surface area contributed by atoms with Crippen LogP contribution in [0.5, 0.6) is 5.75 Å². The van der Waals surface area contributed by atoms with Crippen molar-refractivity contribution >= 4 is 23.6 Å². The van der Waals surface area contributed by atoms with Crippen molar-refractivity contribution < 1.29 is 37.3 Å². The largest absolute Gasteiger partial charge is 0.491 e. The lowest BCUT2D eigenvalue weighted by Gasteiger charge is -2.34. The number of aliphatic hydroxyl groups excluding tert-OH is 1. The number of ether oxygens (including phenoxy) is 2. The fourth-order valence-corrected chi connectivity index (χ4v) is 6.36. The van der Waals surface area contributed by atoms with E-state index in [9.17, 15) is 22.8 Å². The SMILES string of the molecule is CN(CCN(C)C(=O)[C@H](Cc1ccccc1)N(Cc1ccc(N2CCOCC2)cc1)C(=O)C=Cc1ccc(C(F)(F)F)cc1)Cc1cccc(OCCO)c1. The Morgan fingerprint density at radius 3 is 2.22 bits per heavy atom. The fraction of sp³-hybridized carbons (Fsp3) is 0.349. The Labute approximate surface area is 321 Å². The zero-order valence-electron chi connectivity index (χ0n) is 31.3. The third kappa shape index (κ3) is 12.4. The smallest absolute Gasteiger partial charge is 0.416 e. The minimum Gasteiger partial charge on any atom is -0.491 e. The number of carbonyl (C=O) groups excluding carboxylic acids is 2. The number of carbonyl (C=O) groups is 2. The first kappa shape index (κ1) is 41.0. The molecule has 1 fully saturated rings. The van der Waals surface area contributed by atoms with Gasteiger partial charge in [0.15, 0.2) is 0 Å². The Hall–Kier alpha value is -5.17. The molecule has 0 spiro atoms. The molecule has 292 valence electrons. The van der Waals surface area contributed by atoms with Crippen LogP contribution >= 0.6 is 0 Å². The number of alkyl halides is 3. The van der Waals surface area contributed by atoms with Crippen LogP contribution in [0.2, 0.25) is 0 Å². The first-order chi connectivity index (χ1) is 26.5. The summed E-state index contributed by atoms with van der Waals surface area (Å²) in [7, 11) is 3.69. The zero-order valence-corrected chi connectivity index (χ0v) is 31.3. The molecule has 5 rings (SSSR count). The van der Waals surface area contributed by atoms with Gasteiger partial charge in [0.2, 0.25) is 11.8 Å². The topological polar surface area (TPSA) is 85.8 Å². The summed E-state index contributed by atoms with van der Waals surface area (Å²) < 4.78 is 50.6. The van der Waals surface area contributed by atoms with Crippen molar-refractivity contribution in [3.63, 3.8) is 0 Å². The van der Waals surface area contributed by atoms with Crippen molar-refractivity contribution in [2.45, 2.75) is 31.7 Å². The lowest BCUT2D eigenvalue weighted by Crippen LogP contribution is -2.51. The molecule has 0 aromatic heterocycles. The molecule has 9 nitrogen and oxygen atoms in total. The van der Waals surface area contributed by atoms with Crippen LogP contribution in [0.4, 0.5) is 18.9 Å². The molecule has 12 heteroatoms. The molecule has 0 bridgehead atoms. The fourth-order valence-electron chi connectivity index (χ4n) is 6.36. The summed E-state index contributed by atoms with van der Waals surface area (Å²) in [5, 5.41) is 9.10. The van der Waals surface area contributed by atoms with Gasteiger partial charge >= 0.3 is 6.18 Å². The molecule has 55 heavy (non-hydrogen) atoms. The van der Waals surface area contributed by atoms with Gasteiger partial charge in [-0.1, -0.05) is 66.7 Å². The van der Waals surface area contributed by atoms with E-state index in [1.165, 1.54) is 24.3 Å². The van der Waals surface area contributed by atoms with Crippen LogP contribution in [-0.4, -0.2) is 104 Å². The number of hydrogen-bond acceptors (Lipinski definition) is 7. The van der Waals surface area contributed by atoms with Crippen LogP contribution in [-0.2, 0) is 40.0 Å². The second-order valence-electron chi connectivity index (χ2n) is 13.6. The summed E-state index contributed by atoms with van der Waals surface area (Å²) in [6, 6.07) is 28.8. The van der Waals surface area contributed by atoms with Gasteiger partial charge in [-0.3, -0.25) is 9.59 Å². The van der Waals surface area contributed by atoms with E-state index in [-0.39, 0.29) is 32.1 Å². The average molecular weight is 759 g/mol. The lowest BCUT2D eigenvalue weighted by molar-refractivity contribution is -0.143. The second kappa shape index (κ2) is 19.9. The van der Waals surface area contributed by atoms with E-state index in [0.717, 1.165) is 47.6 Å². The number of anilines is 1. The summed E-state index contributed by atoms with van der Waals surface area (Å²) in [6.07, 6.45) is -1.42. The number of morpholine rings is 1. The normalized spacial score (nSPS) is 13.9. The first-order valence-corrected chi connectivity index (χ1v) is 18.4. The van der Waals surface area contributed by atoms with Gasteiger partial charge in [-0.25, -0.2) is 0 Å². The molecular weight excluding hydrogens is 709 g/mol. The van der Waals surface area contributed by atoms with Crippen molar-refractivity contribution in [2.75, 3.05) is 71.6 Å². The van der Waals surface area contributed by atoms with Crippen molar-refractivity contribution in [1.29, 1.82) is 0 Å². The summed E-state index contributed by atoms with van der Waals surface area (Å²) in [5.74, 6) is -0.0120. The van der Waals surface area contributed by atoms with E-state index < -0.39 is 23.7 Å². The summed E-state index contributed by atoms with van der Waals surface area (Å²) in [5.41, 5.74) is 3.41. The predicted octanol–water partition coefficient (Wildman–Crippen LogP) is 6.16. The van der Waals surface area contributed by atoms with Gasteiger partial charge in [-0.2, -0.15) is 13.2 Å². The molecule has 0 radical (unpaired) electrons. The van der Waals surface area contributed by atoms with Gasteiger partial charge in [0.25, 0.3) is 0 Å². The molecule has 0 unspecified atom stereocenters. The van der Waals surface area contributed by atoms with E-state index in [2.05, 4.69) is 9.80 Å². The number of nitrogens with zero attached hydrogens (tertiary/aromatic N) is 4. The number of hydrogen-bond donors (Lipinski definition) is 1. The lowest BCUT2D eigenvalue weighted by atomic mass is 10.0. The van der Waals surface area contributed by atoms with Crippen LogP contribution in [0.1, 0.15) is 27.8 Å². The molecule has 1 saturated heterocycles. The van der Waals surface area contributed by atoms with Gasteiger partial charge in [-0.05, 0) is 71.8 Å². The molecule has 4 aromatic rings. The van der Waals surface area contributed by atoms with Crippen molar-refractivity contribution in [1.82, 2.24) is 14.7 Å². The molecule has 1 aliphatic heterocycles. The Morgan fingerprint density at radius 1 is 0.855 bits per heavy atom. The average Bonchev–Trinajstić information content (AvgIpc) is 3.20. The summed E-state index contributed by atoms with van der Waals surface area (Å²) in [6.45, 7) is 4.65. The summed E-state index contributed by atoms with van der Waals surface area (Å²) in [4.78, 5) is 36.2. The highest BCUT2D eigenvalue weighted by molar-refractivity contribution is 5.95. The number of amides is 2. The number of benzene rings is 4. The van der Waals surface area contributed by atoms with Gasteiger partial charge < -0.3 is 34.2 Å². The maximum absolute atomic E-state index is 14.5. The van der Waals surface area contributed by atoms with E-state index in [4.69, 9.17) is 14.6 Å². The number of aliphatic hydroxyl groups is 1. The van der Waals surface area contributed by atoms with Gasteiger partial charge in [0.1, 0.15) is 18.4 Å². The summed E-state index contributed by atoms with van der Waals surface area (Å²) >= 11 is 0. The Morgan fingerprint density at radius 2 is 1.55 bits per heavy atom. The molecule has 1 heterocycles. The molecule has 0 aliphatic carbocycles. The van der Waals surface area contributed by atoms with Crippen LogP contribution in [0, 0.1) is 0 Å². The Kier molecular flexibility index (Phi) is 14.9. The maximum atomic E-state index is 14.5. The quantitative estimate of drug-likeness (QED) is 0.129. The predicted molar refractivity (Wildman–Crippen MR) is 207 cm³/mol. The minimum atomic E-state index is -4.47. The number of likely N-dealkylation sites (N-methyl/N-ethyl adjacent to an activating group) is 2. The van der Waals surface area contributed by atoms with Crippen LogP contribution in [0.3, 0.4) is 0 Å². The van der Waals surface area contributed by atoms with Crippen molar-refractivity contribution in [3.05, 3.63) is 137 Å². The van der Waals surface area contributed by atoms with Crippen molar-refractivity contribution in [3.8, 4) is 5.75 Å². The molecule has 1 N–H and O–H groups in total. The second-order valence-corrected chi connectivity index (χ2v) is 13.6. The van der Waals surface area contributed by atoms with Crippen LogP contribution in [0.15, 0.2) is 109 Å². The molecule has 1 atom stereocenters. The van der Waals surface area contributed by atoms with E-state index in [1.54, 1.807) is 16.8 Å². The number of halogens is 3. The molecule has 0 saturated carbocycles. The third-order valence-electron chi connectivity index (χ3n) is 9.44. The van der Waals surface area contributed by atoms with Gasteiger partial charge in [0.05, 0.1) is 25.4 Å². The van der Waals surface area contributed by atoms with Crippen LogP contribution < -0.4 is 9.64 Å². The minimum absolute atomic E-state index is 0.0740. The van der Waals surface area contributed by atoms with E-state index in [1.807, 2.05) is 85.9 Å². The molecular formula is C43H49F3N4O5. The zero-order chi connectivity index (χ0) is 39.2. The van der Waals surface area contributed by atoms with Crippen molar-refractivity contribution in [2.24, 2.45) is 0 Å². The first-order valence-electron chi connectivity index (χ1n) is 18.4. The molecule has 4 aromatic carbocycles. The monoisotopic (exact) mass is 758 g/mol. The number of rotatable bonds is 17. The highest BCUT2D eigenvalue weighted by atomic mass is 19.4. The standard InChI is InChI=1S/C43H49F3N4O5/c1-47(31-36-9-6-10-39(29-36)55-28-25-51)21-22-48(2)42(53)40(30-34-7-4-3-5-8-34)50(32-35-13-18-38(19-14-35)49-23-26-54-27-24-49)41(52)20-15-33-11-16-37(17-12-33)43(44,45)46/h3-20,29,40,51H,21-28,30-32H2,1-2H3/t40-/m0/s1. The maximum Gasteiger partial charge on any atom is 0.416 e. The molecule has 2 amide bonds. The van der Waals surface area contributed by atoms with Crippen LogP contribution in [0.25, 0.3) is 6.08 Å². The Balaban J connectivity index is 1.38. The third-order valence-corrected chi connectivity index (χ3v) is 9.44. The van der Waals surface area contributed by atoms with E-state index >= 15 is 0 Å². The van der Waals surface area contributed by atoms with Gasteiger partial charge in [0, 0.05) is 64.5 Å². The van der Waals surface area contributed by atoms with E-state index in [0.29, 0.717) is 44.2 Å². The highest BCUT2D eigenvalue weighted by Gasteiger charge is 2.32. The highest BCUT2D eigenvalue weighted by Crippen LogP contribution is 2.29. The Bertz CT molecular complexity index is 1830.